The molecule has 0 radical (unpaired) electrons. The molecule has 0 saturated carbocycles. The van der Waals surface area contributed by atoms with Crippen LogP contribution in [0.3, 0.4) is 0 Å². The molecule has 1 aromatic carbocycles. The van der Waals surface area contributed by atoms with Crippen molar-refractivity contribution in [3.8, 4) is 5.75 Å². The second-order valence-corrected chi connectivity index (χ2v) is 10.7. The summed E-state index contributed by atoms with van der Waals surface area (Å²) in [6.07, 6.45) is 8.97. The van der Waals surface area contributed by atoms with Gasteiger partial charge in [-0.05, 0) is 46.3 Å². The summed E-state index contributed by atoms with van der Waals surface area (Å²) in [4.78, 5) is 44.3. The number of carbonyl (C=O) groups excluding carboxylic acids is 1. The van der Waals surface area contributed by atoms with Crippen LogP contribution in [0.2, 0.25) is 0 Å². The van der Waals surface area contributed by atoms with Gasteiger partial charge in [0.15, 0.2) is 17.3 Å². The number of amides is 1. The minimum Gasteiger partial charge on any atom is -0.484 e. The summed E-state index contributed by atoms with van der Waals surface area (Å²) >= 11 is 0. The maximum atomic E-state index is 14.8. The Labute approximate surface area is 257 Å². The number of aryl methyl sites for hydroxylation is 1. The molecule has 0 aliphatic carbocycles. The minimum atomic E-state index is -0.559. The Bertz CT molecular complexity index is 1880. The van der Waals surface area contributed by atoms with E-state index in [1.54, 1.807) is 48.2 Å². The van der Waals surface area contributed by atoms with E-state index in [0.717, 1.165) is 0 Å². The van der Waals surface area contributed by atoms with Crippen LogP contribution in [0, 0.1) is 15.9 Å². The van der Waals surface area contributed by atoms with Crippen LogP contribution >= 0.6 is 0 Å². The highest BCUT2D eigenvalue weighted by molar-refractivity contribution is 6.00. The number of ether oxygens (including phenoxy) is 1. The zero-order chi connectivity index (χ0) is 32.0. The SMILES string of the molecule is Cn1cnc([N+](=O)[O-])c1C[N+](C)(C)C/C=C/C(=O)Nc1cc2c(Nc3ccc(OCc4ccccn4)c(F)c3)ncnc2cn1. The van der Waals surface area contributed by atoms with Crippen molar-refractivity contribution in [2.45, 2.75) is 13.2 Å². The van der Waals surface area contributed by atoms with Gasteiger partial charge in [0.05, 0.1) is 38.0 Å². The van der Waals surface area contributed by atoms with E-state index >= 15 is 0 Å². The van der Waals surface area contributed by atoms with E-state index in [1.807, 2.05) is 20.2 Å². The molecule has 4 aromatic heterocycles. The fraction of sp³-hybridized carbons (Fsp3) is 0.200. The molecule has 2 N–H and O–H groups in total. The molecule has 5 aromatic rings. The number of nitrogens with zero attached hydrogens (tertiary/aromatic N) is 8. The van der Waals surface area contributed by atoms with Crippen LogP contribution < -0.4 is 15.4 Å². The van der Waals surface area contributed by atoms with Gasteiger partial charge in [0.2, 0.25) is 12.2 Å². The fourth-order valence-corrected chi connectivity index (χ4v) is 4.46. The van der Waals surface area contributed by atoms with Crippen molar-refractivity contribution >= 4 is 40.0 Å². The molecule has 0 saturated heterocycles. The molecule has 0 aliphatic heterocycles. The van der Waals surface area contributed by atoms with Gasteiger partial charge in [-0.25, -0.2) is 19.3 Å². The number of aromatic nitrogens is 6. The number of fused-ring (bicyclic) bond motifs is 1. The van der Waals surface area contributed by atoms with E-state index in [4.69, 9.17) is 4.74 Å². The Morgan fingerprint density at radius 3 is 2.73 bits per heavy atom. The highest BCUT2D eigenvalue weighted by Gasteiger charge is 2.27. The number of nitrogens with one attached hydrogen (secondary N) is 2. The molecule has 0 aliphatic rings. The largest absolute Gasteiger partial charge is 0.484 e. The number of hydrogen-bond acceptors (Lipinski definition) is 10. The Hall–Kier alpha value is -5.83. The van der Waals surface area contributed by atoms with Gasteiger partial charge < -0.3 is 34.5 Å². The zero-order valence-corrected chi connectivity index (χ0v) is 24.7. The third-order valence-corrected chi connectivity index (χ3v) is 6.73. The predicted molar refractivity (Wildman–Crippen MR) is 164 cm³/mol. The Balaban J connectivity index is 1.23. The first-order valence-electron chi connectivity index (χ1n) is 13.7. The molecule has 45 heavy (non-hydrogen) atoms. The van der Waals surface area contributed by atoms with Crippen molar-refractivity contribution in [2.24, 2.45) is 7.05 Å². The molecule has 4 heterocycles. The molecule has 0 bridgehead atoms. The van der Waals surface area contributed by atoms with Crippen molar-refractivity contribution in [1.29, 1.82) is 0 Å². The van der Waals surface area contributed by atoms with E-state index in [1.165, 1.54) is 37.1 Å². The Morgan fingerprint density at radius 1 is 1.13 bits per heavy atom. The lowest BCUT2D eigenvalue weighted by Gasteiger charge is -2.27. The third kappa shape index (κ3) is 7.77. The van der Waals surface area contributed by atoms with Crippen molar-refractivity contribution < 1.29 is 23.3 Å². The molecule has 15 heteroatoms. The Morgan fingerprint density at radius 2 is 1.98 bits per heavy atom. The maximum absolute atomic E-state index is 14.8. The van der Waals surface area contributed by atoms with E-state index in [2.05, 4.69) is 35.6 Å². The zero-order valence-electron chi connectivity index (χ0n) is 24.7. The van der Waals surface area contributed by atoms with Gasteiger partial charge in [0.1, 0.15) is 31.1 Å². The molecule has 0 unspecified atom stereocenters. The van der Waals surface area contributed by atoms with Gasteiger partial charge in [-0.2, -0.15) is 0 Å². The van der Waals surface area contributed by atoms with Crippen LogP contribution in [0.15, 0.2) is 79.7 Å². The van der Waals surface area contributed by atoms with E-state index in [0.29, 0.717) is 51.4 Å². The number of pyridine rings is 2. The highest BCUT2D eigenvalue weighted by Crippen LogP contribution is 2.28. The maximum Gasteiger partial charge on any atom is 0.390 e. The smallest absolute Gasteiger partial charge is 0.390 e. The average Bonchev–Trinajstić information content (AvgIpc) is 3.36. The summed E-state index contributed by atoms with van der Waals surface area (Å²) in [5, 5.41) is 17.7. The van der Waals surface area contributed by atoms with Crippen molar-refractivity contribution in [3.05, 3.63) is 107 Å². The van der Waals surface area contributed by atoms with Crippen molar-refractivity contribution in [2.75, 3.05) is 31.3 Å². The first kappa shape index (κ1) is 30.6. The van der Waals surface area contributed by atoms with Crippen molar-refractivity contribution in [1.82, 2.24) is 29.5 Å². The van der Waals surface area contributed by atoms with Gasteiger partial charge in [-0.15, -0.1) is 0 Å². The van der Waals surface area contributed by atoms with Gasteiger partial charge in [-0.1, -0.05) is 6.07 Å². The number of quaternary nitrogens is 1. The summed E-state index contributed by atoms with van der Waals surface area (Å²) in [5.41, 5.74) is 2.11. The van der Waals surface area contributed by atoms with Crippen LogP contribution in [0.4, 0.5) is 27.5 Å². The molecule has 0 fully saturated rings. The van der Waals surface area contributed by atoms with Crippen LogP contribution in [0.5, 0.6) is 5.75 Å². The number of hydrogen-bond donors (Lipinski definition) is 2. The summed E-state index contributed by atoms with van der Waals surface area (Å²) in [7, 11) is 5.50. The lowest BCUT2D eigenvalue weighted by Crippen LogP contribution is -2.39. The van der Waals surface area contributed by atoms with Crippen LogP contribution in [-0.4, -0.2) is 65.4 Å². The number of likely N-dealkylation sites (N-methyl/N-ethyl adjacent to an activating group) is 1. The molecular formula is C30H30FN10O4+. The number of halogens is 1. The predicted octanol–water partition coefficient (Wildman–Crippen LogP) is 4.29. The number of benzene rings is 1. The molecule has 0 spiro atoms. The topological polar surface area (TPSA) is 163 Å². The number of imidazole rings is 1. The average molecular weight is 614 g/mol. The van der Waals surface area contributed by atoms with Gasteiger partial charge >= 0.3 is 5.82 Å². The molecular weight excluding hydrogens is 583 g/mol. The van der Waals surface area contributed by atoms with Crippen molar-refractivity contribution in [3.63, 3.8) is 0 Å². The minimum absolute atomic E-state index is 0.0847. The number of rotatable bonds is 12. The van der Waals surface area contributed by atoms with Gasteiger partial charge in [-0.3, -0.25) is 9.78 Å². The lowest BCUT2D eigenvalue weighted by molar-refractivity contribution is -0.898. The summed E-state index contributed by atoms with van der Waals surface area (Å²) in [6.45, 7) is 0.892. The lowest BCUT2D eigenvalue weighted by atomic mass is 10.2. The number of anilines is 3. The molecule has 14 nitrogen and oxygen atoms in total. The van der Waals surface area contributed by atoms with E-state index < -0.39 is 16.6 Å². The van der Waals surface area contributed by atoms with Gasteiger partial charge in [0.25, 0.3) is 0 Å². The fourth-order valence-electron chi connectivity index (χ4n) is 4.46. The molecule has 0 atom stereocenters. The second kappa shape index (κ2) is 13.2. The summed E-state index contributed by atoms with van der Waals surface area (Å²) < 4.78 is 22.3. The van der Waals surface area contributed by atoms with E-state index in [-0.39, 0.29) is 24.0 Å². The molecule has 5 rings (SSSR count). The monoisotopic (exact) mass is 613 g/mol. The van der Waals surface area contributed by atoms with E-state index in [9.17, 15) is 19.3 Å². The van der Waals surface area contributed by atoms with Gasteiger partial charge in [0, 0.05) is 36.5 Å². The van der Waals surface area contributed by atoms with Crippen LogP contribution in [-0.2, 0) is 25.0 Å². The number of nitro groups is 1. The first-order chi connectivity index (χ1) is 21.6. The standard InChI is InChI=1S/C30H29FN10O4/c1-39-19-36-30(40(43)44)25(39)16-41(2,3)12-6-8-28(42)38-27-14-22-24(15-33-27)34-18-35-29(22)37-20-9-10-26(23(31)13-20)45-17-21-7-4-5-11-32-21/h4-11,13-15,18-19H,12,16-17H2,1-3H3,(H-,33,34,35,37,38,42)/p+1/b8-6+. The first-order valence-corrected chi connectivity index (χ1v) is 13.7. The van der Waals surface area contributed by atoms with Crippen LogP contribution in [0.1, 0.15) is 11.4 Å². The molecule has 230 valence electrons. The molecule has 1 amide bonds. The normalized spacial score (nSPS) is 11.6. The quantitative estimate of drug-likeness (QED) is 0.0898. The summed E-state index contributed by atoms with van der Waals surface area (Å²) in [5.74, 6) is -0.420. The number of carbonyl (C=O) groups is 1. The second-order valence-electron chi connectivity index (χ2n) is 10.7. The van der Waals surface area contributed by atoms with Crippen LogP contribution in [0.25, 0.3) is 10.9 Å². The third-order valence-electron chi connectivity index (χ3n) is 6.73. The summed E-state index contributed by atoms with van der Waals surface area (Å²) in [6, 6.07) is 11.5. The Kier molecular flexibility index (Phi) is 8.99. The highest BCUT2D eigenvalue weighted by atomic mass is 19.1.